The molecule has 1 heterocycles. The van der Waals surface area contributed by atoms with Gasteiger partial charge in [0.15, 0.2) is 0 Å². The molecule has 0 atom stereocenters. The van der Waals surface area contributed by atoms with E-state index in [0.29, 0.717) is 17.9 Å². The van der Waals surface area contributed by atoms with Crippen LogP contribution in [0.1, 0.15) is 11.1 Å². The van der Waals surface area contributed by atoms with E-state index < -0.39 is 0 Å². The Balaban J connectivity index is 2.09. The van der Waals surface area contributed by atoms with Crippen molar-refractivity contribution < 1.29 is 9.84 Å². The summed E-state index contributed by atoms with van der Waals surface area (Å²) in [6.07, 6.45) is 3.29. The molecule has 1 aromatic heterocycles. The number of aromatic nitrogens is 1. The number of benzene rings is 1. The third-order valence-electron chi connectivity index (χ3n) is 2.32. The van der Waals surface area contributed by atoms with Crippen molar-refractivity contribution in [3.05, 3.63) is 59.9 Å². The summed E-state index contributed by atoms with van der Waals surface area (Å²) < 4.78 is 5.70. The summed E-state index contributed by atoms with van der Waals surface area (Å²) in [5, 5.41) is 8.69. The Morgan fingerprint density at radius 1 is 1.17 bits per heavy atom. The molecular weight excluding hydrogens is 226 g/mol. The van der Waals surface area contributed by atoms with Gasteiger partial charge < -0.3 is 9.84 Å². The lowest BCUT2D eigenvalue weighted by molar-refractivity contribution is 0.305. The van der Waals surface area contributed by atoms with E-state index in [0.717, 1.165) is 5.56 Å². The van der Waals surface area contributed by atoms with Crippen LogP contribution in [0.25, 0.3) is 0 Å². The van der Waals surface area contributed by atoms with Gasteiger partial charge in [-0.25, -0.2) is 0 Å². The highest BCUT2D eigenvalue weighted by Crippen LogP contribution is 2.16. The number of pyridine rings is 1. The van der Waals surface area contributed by atoms with Crippen LogP contribution in [0.5, 0.6) is 5.75 Å². The Hall–Kier alpha value is -2.31. The molecule has 2 aromatic rings. The summed E-state index contributed by atoms with van der Waals surface area (Å²) in [6, 6.07) is 11.7. The van der Waals surface area contributed by atoms with Crippen molar-refractivity contribution in [2.45, 2.75) is 6.61 Å². The Bertz CT molecular complexity index is 555. The highest BCUT2D eigenvalue weighted by Gasteiger charge is 2.01. The fourth-order valence-electron chi connectivity index (χ4n) is 1.47. The molecule has 0 saturated carbocycles. The van der Waals surface area contributed by atoms with Crippen molar-refractivity contribution in [3.8, 4) is 17.6 Å². The molecular formula is C15H13NO2. The summed E-state index contributed by atoms with van der Waals surface area (Å²) in [6.45, 7) is 0.311. The zero-order valence-electron chi connectivity index (χ0n) is 9.84. The summed E-state index contributed by atoms with van der Waals surface area (Å²) >= 11 is 0. The standard InChI is InChI=1S/C15H13NO2/c17-10-4-7-14-11-16-9-8-15(14)18-12-13-5-2-1-3-6-13/h1-3,5-6,8-9,11,17H,10,12H2. The van der Waals surface area contributed by atoms with Crippen molar-refractivity contribution in [2.75, 3.05) is 6.61 Å². The van der Waals surface area contributed by atoms with Crippen molar-refractivity contribution in [3.63, 3.8) is 0 Å². The van der Waals surface area contributed by atoms with Crippen LogP contribution in [-0.2, 0) is 6.61 Å². The van der Waals surface area contributed by atoms with E-state index in [1.165, 1.54) is 0 Å². The average Bonchev–Trinajstić information content (AvgIpc) is 2.45. The van der Waals surface area contributed by atoms with E-state index >= 15 is 0 Å². The van der Waals surface area contributed by atoms with Gasteiger partial charge in [0, 0.05) is 12.4 Å². The molecule has 2 rings (SSSR count). The molecule has 0 bridgehead atoms. The maximum Gasteiger partial charge on any atom is 0.138 e. The lowest BCUT2D eigenvalue weighted by Crippen LogP contribution is -1.97. The van der Waals surface area contributed by atoms with Crippen LogP contribution < -0.4 is 4.74 Å². The van der Waals surface area contributed by atoms with Gasteiger partial charge in [-0.3, -0.25) is 4.98 Å². The van der Waals surface area contributed by atoms with Crippen LogP contribution >= 0.6 is 0 Å². The van der Waals surface area contributed by atoms with Crippen LogP contribution in [0.2, 0.25) is 0 Å². The second-order valence-electron chi connectivity index (χ2n) is 3.61. The van der Waals surface area contributed by atoms with Crippen molar-refractivity contribution in [2.24, 2.45) is 0 Å². The maximum absolute atomic E-state index is 8.69. The third kappa shape index (κ3) is 3.34. The van der Waals surface area contributed by atoms with Gasteiger partial charge in [0.25, 0.3) is 0 Å². The first kappa shape index (κ1) is 12.2. The first-order valence-electron chi connectivity index (χ1n) is 5.60. The molecule has 90 valence electrons. The predicted molar refractivity (Wildman–Crippen MR) is 69.0 cm³/mol. The molecule has 1 aromatic carbocycles. The number of nitrogens with zero attached hydrogens (tertiary/aromatic N) is 1. The number of rotatable bonds is 3. The monoisotopic (exact) mass is 239 g/mol. The Labute approximate surface area is 106 Å². The molecule has 0 amide bonds. The summed E-state index contributed by atoms with van der Waals surface area (Å²) in [7, 11) is 0. The van der Waals surface area contributed by atoms with E-state index in [-0.39, 0.29) is 6.61 Å². The normalized spacial score (nSPS) is 9.39. The third-order valence-corrected chi connectivity index (χ3v) is 2.32. The molecule has 0 spiro atoms. The van der Waals surface area contributed by atoms with Crippen LogP contribution in [0.3, 0.4) is 0 Å². The van der Waals surface area contributed by atoms with Gasteiger partial charge in [-0.15, -0.1) is 0 Å². The number of hydrogen-bond donors (Lipinski definition) is 1. The minimum Gasteiger partial charge on any atom is -0.487 e. The summed E-state index contributed by atoms with van der Waals surface area (Å²) in [4.78, 5) is 3.99. The molecule has 0 aliphatic rings. The molecule has 0 radical (unpaired) electrons. The van der Waals surface area contributed by atoms with Crippen molar-refractivity contribution in [1.82, 2.24) is 4.98 Å². The van der Waals surface area contributed by atoms with Crippen molar-refractivity contribution >= 4 is 0 Å². The number of aliphatic hydroxyl groups excluding tert-OH is 1. The zero-order valence-corrected chi connectivity index (χ0v) is 9.84. The fraction of sp³-hybridized carbons (Fsp3) is 0.133. The highest BCUT2D eigenvalue weighted by molar-refractivity contribution is 5.43. The first-order valence-corrected chi connectivity index (χ1v) is 5.60. The van der Waals surface area contributed by atoms with Crippen LogP contribution in [-0.4, -0.2) is 16.7 Å². The maximum atomic E-state index is 8.69. The topological polar surface area (TPSA) is 42.4 Å². The summed E-state index contributed by atoms with van der Waals surface area (Å²) in [5.74, 6) is 6.08. The molecule has 0 aliphatic carbocycles. The molecule has 3 heteroatoms. The van der Waals surface area contributed by atoms with Gasteiger partial charge in [0.2, 0.25) is 0 Å². The van der Waals surface area contributed by atoms with E-state index in [9.17, 15) is 0 Å². The number of ether oxygens (including phenoxy) is 1. The molecule has 1 N–H and O–H groups in total. The molecule has 0 aliphatic heterocycles. The van der Waals surface area contributed by atoms with Gasteiger partial charge in [-0.05, 0) is 11.6 Å². The Kier molecular flexibility index (Phi) is 4.34. The van der Waals surface area contributed by atoms with Gasteiger partial charge in [0.05, 0.1) is 5.56 Å². The second-order valence-corrected chi connectivity index (χ2v) is 3.61. The lowest BCUT2D eigenvalue weighted by Gasteiger charge is -2.07. The van der Waals surface area contributed by atoms with E-state index in [1.54, 1.807) is 18.5 Å². The zero-order chi connectivity index (χ0) is 12.6. The van der Waals surface area contributed by atoms with Crippen LogP contribution in [0.4, 0.5) is 0 Å². The number of aliphatic hydroxyl groups is 1. The second kappa shape index (κ2) is 6.43. The van der Waals surface area contributed by atoms with Gasteiger partial charge >= 0.3 is 0 Å². The van der Waals surface area contributed by atoms with Crippen LogP contribution in [0, 0.1) is 11.8 Å². The lowest BCUT2D eigenvalue weighted by atomic mass is 10.2. The Morgan fingerprint density at radius 2 is 2.00 bits per heavy atom. The smallest absolute Gasteiger partial charge is 0.138 e. The molecule has 0 fully saturated rings. The summed E-state index contributed by atoms with van der Waals surface area (Å²) in [5.41, 5.74) is 1.78. The molecule has 3 nitrogen and oxygen atoms in total. The van der Waals surface area contributed by atoms with E-state index in [2.05, 4.69) is 16.8 Å². The minimum atomic E-state index is -0.174. The quantitative estimate of drug-likeness (QED) is 0.833. The van der Waals surface area contributed by atoms with E-state index in [4.69, 9.17) is 9.84 Å². The van der Waals surface area contributed by atoms with Crippen LogP contribution in [0.15, 0.2) is 48.8 Å². The molecule has 0 unspecified atom stereocenters. The van der Waals surface area contributed by atoms with Gasteiger partial charge in [-0.1, -0.05) is 42.2 Å². The minimum absolute atomic E-state index is 0.174. The highest BCUT2D eigenvalue weighted by atomic mass is 16.5. The average molecular weight is 239 g/mol. The fourth-order valence-corrected chi connectivity index (χ4v) is 1.47. The molecule has 18 heavy (non-hydrogen) atoms. The number of hydrogen-bond acceptors (Lipinski definition) is 3. The van der Waals surface area contributed by atoms with Gasteiger partial charge in [-0.2, -0.15) is 0 Å². The largest absolute Gasteiger partial charge is 0.487 e. The van der Waals surface area contributed by atoms with Gasteiger partial charge in [0.1, 0.15) is 19.0 Å². The van der Waals surface area contributed by atoms with E-state index in [1.807, 2.05) is 30.3 Å². The SMILES string of the molecule is OCC#Cc1cnccc1OCc1ccccc1. The Morgan fingerprint density at radius 3 is 2.78 bits per heavy atom. The predicted octanol–water partition coefficient (Wildman–Crippen LogP) is 2.00. The van der Waals surface area contributed by atoms with Crippen molar-refractivity contribution in [1.29, 1.82) is 0 Å². The first-order chi connectivity index (χ1) is 8.90. The molecule has 0 saturated heterocycles.